The molecular weight excluding hydrogens is 176 g/mol. The van der Waals surface area contributed by atoms with Crippen LogP contribution in [0.25, 0.3) is 0 Å². The summed E-state index contributed by atoms with van der Waals surface area (Å²) in [5.41, 5.74) is 6.05. The van der Waals surface area contributed by atoms with Crippen molar-refractivity contribution in [1.82, 2.24) is 4.98 Å². The van der Waals surface area contributed by atoms with E-state index in [0.717, 1.165) is 4.90 Å². The molecule has 12 heavy (non-hydrogen) atoms. The topological polar surface area (TPSA) is 76.2 Å². The van der Waals surface area contributed by atoms with Crippen molar-refractivity contribution in [3.63, 3.8) is 0 Å². The number of aliphatic carboxylic acids is 1. The molecule has 0 aromatic carbocycles. The number of hydrogen-bond donors (Lipinski definition) is 2. The highest BCUT2D eigenvalue weighted by Gasteiger charge is 2.01. The van der Waals surface area contributed by atoms with Crippen molar-refractivity contribution in [2.24, 2.45) is 0 Å². The first-order valence-electron chi connectivity index (χ1n) is 3.24. The highest BCUT2D eigenvalue weighted by Crippen LogP contribution is 2.22. The van der Waals surface area contributed by atoms with Gasteiger partial charge in [0.1, 0.15) is 0 Å². The fourth-order valence-corrected chi connectivity index (χ4v) is 1.32. The van der Waals surface area contributed by atoms with E-state index in [9.17, 15) is 4.79 Å². The van der Waals surface area contributed by atoms with Gasteiger partial charge in [-0.05, 0) is 6.07 Å². The predicted octanol–water partition coefficient (Wildman–Crippen LogP) is 0.841. The molecule has 0 unspecified atom stereocenters. The Kier molecular flexibility index (Phi) is 2.93. The van der Waals surface area contributed by atoms with E-state index in [1.54, 1.807) is 12.3 Å². The summed E-state index contributed by atoms with van der Waals surface area (Å²) >= 11 is 1.19. The second kappa shape index (κ2) is 3.96. The van der Waals surface area contributed by atoms with Crippen LogP contribution < -0.4 is 5.73 Å². The van der Waals surface area contributed by atoms with Crippen LogP contribution >= 0.6 is 11.8 Å². The number of carboxylic acids is 1. The third-order valence-corrected chi connectivity index (χ3v) is 2.24. The van der Waals surface area contributed by atoms with Crippen molar-refractivity contribution in [2.45, 2.75) is 4.90 Å². The number of rotatable bonds is 3. The molecule has 0 saturated heterocycles. The van der Waals surface area contributed by atoms with Crippen LogP contribution in [0.15, 0.2) is 23.4 Å². The van der Waals surface area contributed by atoms with E-state index >= 15 is 0 Å². The first-order valence-corrected chi connectivity index (χ1v) is 4.23. The lowest BCUT2D eigenvalue weighted by Crippen LogP contribution is -1.98. The second-order valence-corrected chi connectivity index (χ2v) is 3.11. The molecule has 3 N–H and O–H groups in total. The van der Waals surface area contributed by atoms with Crippen molar-refractivity contribution < 1.29 is 9.90 Å². The number of nitrogens with two attached hydrogens (primary N) is 1. The Labute approximate surface area is 73.8 Å². The van der Waals surface area contributed by atoms with Gasteiger partial charge >= 0.3 is 5.97 Å². The van der Waals surface area contributed by atoms with Gasteiger partial charge in [0.2, 0.25) is 0 Å². The summed E-state index contributed by atoms with van der Waals surface area (Å²) in [5.74, 6) is -0.829. The zero-order valence-corrected chi connectivity index (χ0v) is 7.04. The molecule has 0 amide bonds. The van der Waals surface area contributed by atoms with E-state index in [1.165, 1.54) is 18.0 Å². The van der Waals surface area contributed by atoms with Crippen molar-refractivity contribution >= 4 is 23.4 Å². The molecule has 1 rings (SSSR count). The molecule has 0 spiro atoms. The maximum atomic E-state index is 10.2. The molecule has 1 aromatic heterocycles. The molecule has 0 bridgehead atoms. The summed E-state index contributed by atoms with van der Waals surface area (Å²) in [7, 11) is 0. The highest BCUT2D eigenvalue weighted by atomic mass is 32.2. The molecular formula is C7H8N2O2S. The van der Waals surface area contributed by atoms with E-state index in [-0.39, 0.29) is 5.75 Å². The van der Waals surface area contributed by atoms with Crippen LogP contribution in [0.2, 0.25) is 0 Å². The van der Waals surface area contributed by atoms with Gasteiger partial charge in [-0.1, -0.05) is 0 Å². The lowest BCUT2D eigenvalue weighted by molar-refractivity contribution is -0.133. The van der Waals surface area contributed by atoms with Gasteiger partial charge in [-0.25, -0.2) is 0 Å². The minimum Gasteiger partial charge on any atom is -0.481 e. The molecule has 0 saturated carbocycles. The average molecular weight is 184 g/mol. The number of nitrogen functional groups attached to an aromatic ring is 1. The molecule has 0 atom stereocenters. The number of pyridine rings is 1. The zero-order chi connectivity index (χ0) is 8.97. The van der Waals surface area contributed by atoms with Gasteiger partial charge < -0.3 is 10.8 Å². The third-order valence-electron chi connectivity index (χ3n) is 1.16. The Morgan fingerprint density at radius 2 is 2.50 bits per heavy atom. The summed E-state index contributed by atoms with van der Waals surface area (Å²) in [6, 6.07) is 1.70. The molecule has 0 fully saturated rings. The second-order valence-electron chi connectivity index (χ2n) is 2.10. The summed E-state index contributed by atoms with van der Waals surface area (Å²) in [6.45, 7) is 0. The van der Waals surface area contributed by atoms with Crippen LogP contribution in [0.1, 0.15) is 0 Å². The fraction of sp³-hybridized carbons (Fsp3) is 0.143. The molecule has 0 aliphatic heterocycles. The lowest BCUT2D eigenvalue weighted by Gasteiger charge is -2.00. The summed E-state index contributed by atoms with van der Waals surface area (Å²) in [4.78, 5) is 14.7. The maximum Gasteiger partial charge on any atom is 0.313 e. The largest absolute Gasteiger partial charge is 0.481 e. The number of aromatic nitrogens is 1. The summed E-state index contributed by atoms with van der Waals surface area (Å²) in [5, 5.41) is 8.39. The Balaban J connectivity index is 2.63. The molecule has 5 heteroatoms. The highest BCUT2D eigenvalue weighted by molar-refractivity contribution is 8.00. The van der Waals surface area contributed by atoms with Crippen LogP contribution in [0.5, 0.6) is 0 Å². The average Bonchev–Trinajstić information content (AvgIpc) is 2.03. The summed E-state index contributed by atoms with van der Waals surface area (Å²) in [6.07, 6.45) is 3.09. The molecule has 0 radical (unpaired) electrons. The van der Waals surface area contributed by atoms with E-state index in [1.807, 2.05) is 0 Å². The number of thioether (sulfide) groups is 1. The van der Waals surface area contributed by atoms with E-state index in [0.29, 0.717) is 5.69 Å². The van der Waals surface area contributed by atoms with Crippen LogP contribution in [-0.2, 0) is 4.79 Å². The first-order chi connectivity index (χ1) is 5.70. The van der Waals surface area contributed by atoms with Crippen molar-refractivity contribution in [1.29, 1.82) is 0 Å². The van der Waals surface area contributed by atoms with Gasteiger partial charge in [-0.2, -0.15) is 0 Å². The lowest BCUT2D eigenvalue weighted by atomic mass is 10.4. The molecule has 0 aliphatic rings. The molecule has 4 nitrogen and oxygen atoms in total. The molecule has 0 aliphatic carbocycles. The van der Waals surface area contributed by atoms with Crippen molar-refractivity contribution in [2.75, 3.05) is 11.5 Å². The SMILES string of the molecule is Nc1cnccc1SCC(=O)O. The Bertz CT molecular complexity index is 290. The van der Waals surface area contributed by atoms with Gasteiger partial charge in [-0.15, -0.1) is 11.8 Å². The van der Waals surface area contributed by atoms with E-state index in [2.05, 4.69) is 4.98 Å². The fourth-order valence-electron chi connectivity index (χ4n) is 0.665. The van der Waals surface area contributed by atoms with Crippen molar-refractivity contribution in [3.8, 4) is 0 Å². The third kappa shape index (κ3) is 2.43. The van der Waals surface area contributed by atoms with Crippen LogP contribution in [-0.4, -0.2) is 21.8 Å². The maximum absolute atomic E-state index is 10.2. The van der Waals surface area contributed by atoms with E-state index in [4.69, 9.17) is 10.8 Å². The normalized spacial score (nSPS) is 9.67. The molecule has 1 heterocycles. The van der Waals surface area contributed by atoms with Gasteiger partial charge in [0.25, 0.3) is 0 Å². The molecule has 1 aromatic rings. The minimum atomic E-state index is -0.851. The van der Waals surface area contributed by atoms with Gasteiger partial charge in [0.05, 0.1) is 17.6 Å². The Morgan fingerprint density at radius 3 is 3.08 bits per heavy atom. The number of carbonyl (C=O) groups is 1. The van der Waals surface area contributed by atoms with Crippen molar-refractivity contribution in [3.05, 3.63) is 18.5 Å². The summed E-state index contributed by atoms with van der Waals surface area (Å²) < 4.78 is 0. The van der Waals surface area contributed by atoms with E-state index < -0.39 is 5.97 Å². The standard InChI is InChI=1S/C7H8N2O2S/c8-5-3-9-2-1-6(5)12-4-7(10)11/h1-3H,4,8H2,(H,10,11). The minimum absolute atomic E-state index is 0.0220. The van der Waals surface area contributed by atoms with Crippen LogP contribution in [0.3, 0.4) is 0 Å². The monoisotopic (exact) mass is 184 g/mol. The van der Waals surface area contributed by atoms with Gasteiger partial charge in [0.15, 0.2) is 0 Å². The smallest absolute Gasteiger partial charge is 0.313 e. The Hall–Kier alpha value is -1.23. The van der Waals surface area contributed by atoms with Gasteiger partial charge in [0, 0.05) is 11.1 Å². The Morgan fingerprint density at radius 1 is 1.75 bits per heavy atom. The quantitative estimate of drug-likeness (QED) is 0.681. The van der Waals surface area contributed by atoms with Crippen LogP contribution in [0, 0.1) is 0 Å². The van der Waals surface area contributed by atoms with Crippen LogP contribution in [0.4, 0.5) is 5.69 Å². The predicted molar refractivity (Wildman–Crippen MR) is 47.0 cm³/mol. The van der Waals surface area contributed by atoms with Gasteiger partial charge in [-0.3, -0.25) is 9.78 Å². The zero-order valence-electron chi connectivity index (χ0n) is 6.23. The first kappa shape index (κ1) is 8.86. The number of nitrogens with zero attached hydrogens (tertiary/aromatic N) is 1. The number of hydrogen-bond acceptors (Lipinski definition) is 4. The number of carboxylic acid groups (broad SMARTS) is 1. The molecule has 64 valence electrons. The number of anilines is 1.